The van der Waals surface area contributed by atoms with E-state index in [0.29, 0.717) is 0 Å². The molecular formula is C30H28N4O. The third-order valence-corrected chi connectivity index (χ3v) is 6.09. The molecule has 35 heavy (non-hydrogen) atoms. The van der Waals surface area contributed by atoms with Crippen LogP contribution in [-0.4, -0.2) is 15.6 Å². The zero-order valence-corrected chi connectivity index (χ0v) is 19.7. The highest BCUT2D eigenvalue weighted by molar-refractivity contribution is 5.99. The molecule has 5 heteroatoms. The summed E-state index contributed by atoms with van der Waals surface area (Å²) >= 11 is 0. The minimum atomic E-state index is -0.253. The van der Waals surface area contributed by atoms with Gasteiger partial charge in [-0.25, -0.2) is 9.78 Å². The van der Waals surface area contributed by atoms with E-state index in [-0.39, 0.29) is 6.03 Å². The highest BCUT2D eigenvalue weighted by Gasteiger charge is 2.12. The smallest absolute Gasteiger partial charge is 0.308 e. The highest BCUT2D eigenvalue weighted by Crippen LogP contribution is 2.23. The van der Waals surface area contributed by atoms with Crippen molar-refractivity contribution in [3.8, 4) is 5.69 Å². The molecular weight excluding hydrogens is 432 g/mol. The third kappa shape index (κ3) is 5.25. The molecule has 2 N–H and O–H groups in total. The Morgan fingerprint density at radius 2 is 1.49 bits per heavy atom. The van der Waals surface area contributed by atoms with Gasteiger partial charge in [0.15, 0.2) is 0 Å². The number of carbonyl (C=O) groups excluding carboxylic acids is 1. The Kier molecular flexibility index (Phi) is 6.57. The lowest BCUT2D eigenvalue weighted by molar-refractivity contribution is 0.262. The van der Waals surface area contributed by atoms with Crippen LogP contribution in [0.5, 0.6) is 0 Å². The Morgan fingerprint density at radius 3 is 2.29 bits per heavy atom. The second-order valence-corrected chi connectivity index (χ2v) is 8.52. The van der Waals surface area contributed by atoms with E-state index >= 15 is 0 Å². The summed E-state index contributed by atoms with van der Waals surface area (Å²) in [5, 5.41) is 5.84. The molecule has 5 aromatic rings. The summed E-state index contributed by atoms with van der Waals surface area (Å²) in [4.78, 5) is 17.4. The Labute approximate surface area is 205 Å². The lowest BCUT2D eigenvalue weighted by Crippen LogP contribution is -2.19. The number of anilines is 2. The fourth-order valence-corrected chi connectivity index (χ4v) is 4.29. The Bertz CT molecular complexity index is 1440. The second-order valence-electron chi connectivity index (χ2n) is 8.52. The topological polar surface area (TPSA) is 59.0 Å². The number of para-hydroxylation sites is 3. The number of nitrogens with one attached hydrogen (secondary N) is 2. The van der Waals surface area contributed by atoms with Gasteiger partial charge in [0.25, 0.3) is 0 Å². The van der Waals surface area contributed by atoms with Gasteiger partial charge >= 0.3 is 6.03 Å². The van der Waals surface area contributed by atoms with Crippen LogP contribution in [0.15, 0.2) is 103 Å². The average Bonchev–Trinajstić information content (AvgIpc) is 3.27. The van der Waals surface area contributed by atoms with Crippen LogP contribution in [0.4, 0.5) is 16.2 Å². The summed E-state index contributed by atoms with van der Waals surface area (Å²) in [6, 6.07) is 34.2. The molecule has 174 valence electrons. The Morgan fingerprint density at radius 1 is 0.743 bits per heavy atom. The van der Waals surface area contributed by atoms with Crippen molar-refractivity contribution in [1.29, 1.82) is 0 Å². The number of nitrogens with zero attached hydrogens (tertiary/aromatic N) is 2. The minimum Gasteiger partial charge on any atom is -0.308 e. The number of aromatic nitrogens is 2. The van der Waals surface area contributed by atoms with E-state index in [1.54, 1.807) is 0 Å². The lowest BCUT2D eigenvalue weighted by atomic mass is 10.1. The monoisotopic (exact) mass is 460 g/mol. The number of benzene rings is 4. The Balaban J connectivity index is 1.29. The molecule has 0 unspecified atom stereocenters. The van der Waals surface area contributed by atoms with E-state index in [9.17, 15) is 4.79 Å². The molecule has 0 aliphatic carbocycles. The number of urea groups is 1. The van der Waals surface area contributed by atoms with Gasteiger partial charge in [0, 0.05) is 23.5 Å². The third-order valence-electron chi connectivity index (χ3n) is 6.09. The van der Waals surface area contributed by atoms with Crippen LogP contribution in [0, 0.1) is 0 Å². The van der Waals surface area contributed by atoms with E-state index in [4.69, 9.17) is 4.98 Å². The van der Waals surface area contributed by atoms with Gasteiger partial charge in [0.2, 0.25) is 0 Å². The van der Waals surface area contributed by atoms with Crippen molar-refractivity contribution in [2.75, 3.05) is 10.6 Å². The summed E-state index contributed by atoms with van der Waals surface area (Å²) in [6.45, 7) is 2.11. The van der Waals surface area contributed by atoms with Crippen LogP contribution in [0.3, 0.4) is 0 Å². The van der Waals surface area contributed by atoms with Crippen molar-refractivity contribution in [2.24, 2.45) is 0 Å². The molecule has 4 aromatic carbocycles. The molecule has 0 aliphatic rings. The van der Waals surface area contributed by atoms with Crippen molar-refractivity contribution < 1.29 is 4.79 Å². The van der Waals surface area contributed by atoms with Gasteiger partial charge in [-0.1, -0.05) is 61.5 Å². The SMILES string of the molecule is CCc1ccc(NC(=O)Nc2cccc(CCc3nc4ccccc4n3-c3ccccc3)c2)cc1. The van der Waals surface area contributed by atoms with Crippen LogP contribution >= 0.6 is 0 Å². The first-order chi connectivity index (χ1) is 17.2. The molecule has 0 saturated carbocycles. The first-order valence-electron chi connectivity index (χ1n) is 12.0. The van der Waals surface area contributed by atoms with Crippen molar-refractivity contribution in [3.63, 3.8) is 0 Å². The van der Waals surface area contributed by atoms with Crippen LogP contribution in [0.1, 0.15) is 23.9 Å². The predicted molar refractivity (Wildman–Crippen MR) is 143 cm³/mol. The largest absolute Gasteiger partial charge is 0.323 e. The van der Waals surface area contributed by atoms with E-state index in [1.807, 2.05) is 72.8 Å². The molecule has 2 amide bonds. The van der Waals surface area contributed by atoms with E-state index in [2.05, 4.69) is 52.5 Å². The summed E-state index contributed by atoms with van der Waals surface area (Å²) < 4.78 is 2.23. The van der Waals surface area contributed by atoms with Crippen LogP contribution in [0.25, 0.3) is 16.7 Å². The molecule has 0 spiro atoms. The van der Waals surface area contributed by atoms with Crippen LogP contribution in [0.2, 0.25) is 0 Å². The van der Waals surface area contributed by atoms with Crippen molar-refractivity contribution in [3.05, 3.63) is 120 Å². The molecule has 0 bridgehead atoms. The van der Waals surface area contributed by atoms with Gasteiger partial charge in [0.1, 0.15) is 5.82 Å². The van der Waals surface area contributed by atoms with E-state index in [0.717, 1.165) is 58.7 Å². The normalized spacial score (nSPS) is 10.9. The summed E-state index contributed by atoms with van der Waals surface area (Å²) in [5.74, 6) is 1.02. The maximum absolute atomic E-state index is 12.5. The number of hydrogen-bond donors (Lipinski definition) is 2. The molecule has 0 radical (unpaired) electrons. The van der Waals surface area contributed by atoms with Gasteiger partial charge < -0.3 is 10.6 Å². The second kappa shape index (κ2) is 10.3. The number of fused-ring (bicyclic) bond motifs is 1. The molecule has 1 aromatic heterocycles. The standard InChI is InChI=1S/C30H28N4O/c1-2-22-15-18-24(19-16-22)31-30(35)32-25-10-8-9-23(21-25)17-20-29-33-27-13-6-7-14-28(27)34(29)26-11-4-3-5-12-26/h3-16,18-19,21H,2,17,20H2,1H3,(H2,31,32,35). The fraction of sp³-hybridized carbons (Fsp3) is 0.133. The quantitative estimate of drug-likeness (QED) is 0.274. The van der Waals surface area contributed by atoms with Crippen LogP contribution < -0.4 is 10.6 Å². The number of imidazole rings is 1. The van der Waals surface area contributed by atoms with E-state index in [1.165, 1.54) is 5.56 Å². The highest BCUT2D eigenvalue weighted by atomic mass is 16.2. The fourth-order valence-electron chi connectivity index (χ4n) is 4.29. The maximum Gasteiger partial charge on any atom is 0.323 e. The number of carbonyl (C=O) groups is 1. The van der Waals surface area contributed by atoms with Gasteiger partial charge in [-0.15, -0.1) is 0 Å². The van der Waals surface area contributed by atoms with E-state index < -0.39 is 0 Å². The Hall–Kier alpha value is -4.38. The lowest BCUT2D eigenvalue weighted by Gasteiger charge is -2.11. The molecule has 0 atom stereocenters. The molecule has 5 rings (SSSR count). The van der Waals surface area contributed by atoms with Crippen molar-refractivity contribution >= 4 is 28.4 Å². The number of rotatable bonds is 7. The summed E-state index contributed by atoms with van der Waals surface area (Å²) in [7, 11) is 0. The van der Waals surface area contributed by atoms with Gasteiger partial charge in [0.05, 0.1) is 11.0 Å². The molecule has 0 saturated heterocycles. The molecule has 1 heterocycles. The predicted octanol–water partition coefficient (Wildman–Crippen LogP) is 7.02. The zero-order valence-electron chi connectivity index (χ0n) is 19.7. The average molecular weight is 461 g/mol. The zero-order chi connectivity index (χ0) is 24.0. The number of hydrogen-bond acceptors (Lipinski definition) is 2. The molecule has 0 aliphatic heterocycles. The van der Waals surface area contributed by atoms with Crippen molar-refractivity contribution in [2.45, 2.75) is 26.2 Å². The summed E-state index contributed by atoms with van der Waals surface area (Å²) in [6.07, 6.45) is 2.57. The molecule has 5 nitrogen and oxygen atoms in total. The van der Waals surface area contributed by atoms with Crippen LogP contribution in [-0.2, 0) is 19.3 Å². The molecule has 0 fully saturated rings. The first-order valence-corrected chi connectivity index (χ1v) is 12.0. The number of aryl methyl sites for hydroxylation is 3. The summed E-state index contributed by atoms with van der Waals surface area (Å²) in [5.41, 5.74) is 7.12. The van der Waals surface area contributed by atoms with Gasteiger partial charge in [-0.05, 0) is 72.5 Å². The van der Waals surface area contributed by atoms with Gasteiger partial charge in [-0.3, -0.25) is 4.57 Å². The van der Waals surface area contributed by atoms with Crippen molar-refractivity contribution in [1.82, 2.24) is 9.55 Å². The van der Waals surface area contributed by atoms with Gasteiger partial charge in [-0.2, -0.15) is 0 Å². The number of amides is 2. The first kappa shape index (κ1) is 22.4. The minimum absolute atomic E-state index is 0.253. The maximum atomic E-state index is 12.5.